The van der Waals surface area contributed by atoms with Crippen molar-refractivity contribution in [2.45, 2.75) is 20.8 Å². The smallest absolute Gasteiger partial charge is 0.259 e. The molecule has 1 N–H and O–H groups in total. The van der Waals surface area contributed by atoms with Crippen molar-refractivity contribution in [3.05, 3.63) is 47.0 Å². The lowest BCUT2D eigenvalue weighted by Gasteiger charge is -2.15. The Kier molecular flexibility index (Phi) is 3.55. The van der Waals surface area contributed by atoms with E-state index in [0.717, 1.165) is 33.5 Å². The molecule has 0 atom stereocenters. The fourth-order valence-corrected chi connectivity index (χ4v) is 4.11. The van der Waals surface area contributed by atoms with Crippen molar-refractivity contribution in [3.63, 3.8) is 0 Å². The van der Waals surface area contributed by atoms with Crippen molar-refractivity contribution in [2.24, 2.45) is 7.05 Å². The number of anilines is 1. The number of aromatic nitrogens is 5. The molecule has 8 heteroatoms. The number of amides is 1. The minimum atomic E-state index is -0.224. The van der Waals surface area contributed by atoms with Crippen LogP contribution in [0.2, 0.25) is 0 Å². The van der Waals surface area contributed by atoms with E-state index < -0.39 is 0 Å². The summed E-state index contributed by atoms with van der Waals surface area (Å²) in [6.07, 6.45) is 3.70. The number of fused-ring (bicyclic) bond motifs is 2. The maximum atomic E-state index is 13.0. The van der Waals surface area contributed by atoms with E-state index in [1.807, 2.05) is 56.9 Å². The number of benzene rings is 1. The lowest BCUT2D eigenvalue weighted by Crippen LogP contribution is -2.11. The molecule has 5 rings (SSSR count). The summed E-state index contributed by atoms with van der Waals surface area (Å²) in [7, 11) is 3.47. The molecule has 4 aromatic rings. The van der Waals surface area contributed by atoms with Crippen LogP contribution in [0.4, 0.5) is 5.82 Å². The van der Waals surface area contributed by atoms with Crippen molar-refractivity contribution in [1.82, 2.24) is 24.3 Å². The summed E-state index contributed by atoms with van der Waals surface area (Å²) in [5.74, 6) is 1.69. The number of hydrogen-bond acceptors (Lipinski definition) is 5. The molecule has 0 saturated carbocycles. The zero-order valence-corrected chi connectivity index (χ0v) is 16.9. The van der Waals surface area contributed by atoms with Crippen molar-refractivity contribution in [2.75, 3.05) is 12.4 Å². The van der Waals surface area contributed by atoms with Crippen molar-refractivity contribution >= 4 is 22.8 Å². The molecule has 1 aromatic carbocycles. The monoisotopic (exact) mass is 388 g/mol. The molecule has 0 aliphatic carbocycles. The zero-order chi connectivity index (χ0) is 20.4. The third-order valence-electron chi connectivity index (χ3n) is 5.36. The lowest BCUT2D eigenvalue weighted by atomic mass is 10.1. The van der Waals surface area contributed by atoms with Crippen LogP contribution in [0.1, 0.15) is 27.3 Å². The number of ether oxygens (including phenoxy) is 1. The Morgan fingerprint density at radius 1 is 1.07 bits per heavy atom. The molecule has 3 aromatic heterocycles. The number of hydrogen-bond donors (Lipinski definition) is 1. The van der Waals surface area contributed by atoms with E-state index in [1.165, 1.54) is 0 Å². The second-order valence-electron chi connectivity index (χ2n) is 7.31. The first-order valence-electron chi connectivity index (χ1n) is 9.28. The summed E-state index contributed by atoms with van der Waals surface area (Å²) in [4.78, 5) is 22.4. The molecule has 1 amide bonds. The Labute approximate surface area is 167 Å². The topological polar surface area (TPSA) is 86.9 Å². The van der Waals surface area contributed by atoms with Crippen LogP contribution in [-0.2, 0) is 7.05 Å². The first-order valence-corrected chi connectivity index (χ1v) is 9.28. The van der Waals surface area contributed by atoms with Crippen LogP contribution in [0.25, 0.3) is 28.0 Å². The van der Waals surface area contributed by atoms with E-state index in [9.17, 15) is 4.79 Å². The largest absolute Gasteiger partial charge is 0.496 e. The van der Waals surface area contributed by atoms with Gasteiger partial charge >= 0.3 is 0 Å². The van der Waals surface area contributed by atoms with Crippen molar-refractivity contribution in [1.29, 1.82) is 0 Å². The normalized spacial score (nSPS) is 12.7. The molecule has 1 aliphatic rings. The summed E-state index contributed by atoms with van der Waals surface area (Å²) < 4.78 is 9.16. The maximum absolute atomic E-state index is 13.0. The minimum Gasteiger partial charge on any atom is -0.496 e. The van der Waals surface area contributed by atoms with E-state index >= 15 is 0 Å². The summed E-state index contributed by atoms with van der Waals surface area (Å²) in [6, 6.07) is 3.96. The Balaban J connectivity index is 1.92. The maximum Gasteiger partial charge on any atom is 0.259 e. The number of methoxy groups -OCH3 is 1. The molecule has 0 bridgehead atoms. The van der Waals surface area contributed by atoms with Gasteiger partial charge in [0.1, 0.15) is 17.2 Å². The van der Waals surface area contributed by atoms with Gasteiger partial charge in [-0.1, -0.05) is 6.07 Å². The highest BCUT2D eigenvalue weighted by Gasteiger charge is 2.29. The molecule has 29 heavy (non-hydrogen) atoms. The van der Waals surface area contributed by atoms with Gasteiger partial charge in [0.2, 0.25) is 0 Å². The minimum absolute atomic E-state index is 0.224. The van der Waals surface area contributed by atoms with Crippen molar-refractivity contribution < 1.29 is 9.53 Å². The molecular formula is C21H20N6O2. The average Bonchev–Trinajstić information content (AvgIpc) is 3.19. The molecule has 8 nitrogen and oxygen atoms in total. The first-order chi connectivity index (χ1) is 13.9. The molecule has 0 radical (unpaired) electrons. The number of nitrogens with zero attached hydrogens (tertiary/aromatic N) is 5. The number of aryl methyl sites for hydroxylation is 3. The molecule has 0 saturated heterocycles. The second kappa shape index (κ2) is 5.91. The van der Waals surface area contributed by atoms with Crippen LogP contribution >= 0.6 is 0 Å². The summed E-state index contributed by atoms with van der Waals surface area (Å²) in [5, 5.41) is 8.01. The average molecular weight is 388 g/mol. The van der Waals surface area contributed by atoms with Crippen LogP contribution in [-0.4, -0.2) is 37.3 Å². The van der Waals surface area contributed by atoms with Crippen LogP contribution in [0.15, 0.2) is 24.5 Å². The van der Waals surface area contributed by atoms with Gasteiger partial charge in [-0.3, -0.25) is 14.0 Å². The Hall–Kier alpha value is -3.68. The molecule has 4 heterocycles. The fraction of sp³-hybridized carbons (Fsp3) is 0.238. The summed E-state index contributed by atoms with van der Waals surface area (Å²) in [6.45, 7) is 5.90. The van der Waals surface area contributed by atoms with E-state index in [1.54, 1.807) is 11.8 Å². The first kappa shape index (κ1) is 17.4. The van der Waals surface area contributed by atoms with Gasteiger partial charge in [-0.15, -0.1) is 0 Å². The standard InChI is InChI=1S/C21H20N6O2/c1-10-6-7-15(29-5)11(2)18(10)27-9-13-16-17(22-12(3)23-20(16)27)14-8-26(4)25-19(14)24-21(13)28/h6-9H,1-5H3,(H,24,25,28). The van der Waals surface area contributed by atoms with E-state index in [-0.39, 0.29) is 5.91 Å². The van der Waals surface area contributed by atoms with Crippen LogP contribution in [0.3, 0.4) is 0 Å². The highest BCUT2D eigenvalue weighted by molar-refractivity contribution is 6.19. The van der Waals surface area contributed by atoms with Gasteiger partial charge in [0.15, 0.2) is 5.82 Å². The quantitative estimate of drug-likeness (QED) is 0.569. The Morgan fingerprint density at radius 2 is 1.86 bits per heavy atom. The number of carbonyl (C=O) groups excluding carboxylic acids is 1. The molecule has 0 fully saturated rings. The number of carbonyl (C=O) groups is 1. The predicted molar refractivity (Wildman–Crippen MR) is 110 cm³/mol. The van der Waals surface area contributed by atoms with Gasteiger partial charge in [0, 0.05) is 25.0 Å². The highest BCUT2D eigenvalue weighted by atomic mass is 16.5. The lowest BCUT2D eigenvalue weighted by molar-refractivity contribution is 0.102. The molecule has 0 spiro atoms. The van der Waals surface area contributed by atoms with Crippen LogP contribution in [0, 0.1) is 20.8 Å². The zero-order valence-electron chi connectivity index (χ0n) is 16.9. The van der Waals surface area contributed by atoms with Gasteiger partial charge in [-0.05, 0) is 32.4 Å². The molecular weight excluding hydrogens is 368 g/mol. The summed E-state index contributed by atoms with van der Waals surface area (Å²) >= 11 is 0. The van der Waals surface area contributed by atoms with Crippen LogP contribution in [0.5, 0.6) is 5.75 Å². The van der Waals surface area contributed by atoms with E-state index in [2.05, 4.69) is 15.4 Å². The molecule has 146 valence electrons. The third-order valence-corrected chi connectivity index (χ3v) is 5.36. The van der Waals surface area contributed by atoms with Gasteiger partial charge in [-0.2, -0.15) is 5.10 Å². The van der Waals surface area contributed by atoms with Crippen molar-refractivity contribution in [3.8, 4) is 22.7 Å². The highest BCUT2D eigenvalue weighted by Crippen LogP contribution is 2.39. The van der Waals surface area contributed by atoms with E-state index in [4.69, 9.17) is 9.72 Å². The van der Waals surface area contributed by atoms with Gasteiger partial charge in [-0.25, -0.2) is 9.97 Å². The second-order valence-corrected chi connectivity index (χ2v) is 7.31. The SMILES string of the molecule is COc1ccc(C)c(-n2cc3c4c(nc(C)nc42)-c2cn(C)nc2NC3=O)c1C. The predicted octanol–water partition coefficient (Wildman–Crippen LogP) is 3.32. The number of rotatable bonds is 2. The third kappa shape index (κ3) is 2.38. The fourth-order valence-electron chi connectivity index (χ4n) is 4.11. The van der Waals surface area contributed by atoms with E-state index in [0.29, 0.717) is 28.5 Å². The Bertz CT molecular complexity index is 1330. The molecule has 0 unspecified atom stereocenters. The van der Waals surface area contributed by atoms with Gasteiger partial charge in [0.25, 0.3) is 5.91 Å². The number of nitrogens with one attached hydrogen (secondary N) is 1. The Morgan fingerprint density at radius 3 is 2.62 bits per heavy atom. The molecule has 1 aliphatic heterocycles. The van der Waals surface area contributed by atoms with Gasteiger partial charge in [0.05, 0.1) is 35.0 Å². The van der Waals surface area contributed by atoms with Crippen LogP contribution < -0.4 is 10.1 Å². The van der Waals surface area contributed by atoms with Gasteiger partial charge < -0.3 is 10.1 Å². The summed E-state index contributed by atoms with van der Waals surface area (Å²) in [5.41, 5.74) is 5.70.